The van der Waals surface area contributed by atoms with E-state index in [0.717, 1.165) is 42.1 Å². The van der Waals surface area contributed by atoms with Gasteiger partial charge < -0.3 is 5.11 Å². The Kier molecular flexibility index (Phi) is 4.03. The summed E-state index contributed by atoms with van der Waals surface area (Å²) in [5.74, 6) is 2.11. The average molecular weight is 443 g/mol. The van der Waals surface area contributed by atoms with Gasteiger partial charge in [0, 0.05) is 3.57 Å². The molecule has 0 aliphatic heterocycles. The number of aliphatic hydroxyl groups excluding tert-OH is 1. The molecule has 0 amide bonds. The van der Waals surface area contributed by atoms with Crippen LogP contribution in [0.1, 0.15) is 56.1 Å². The summed E-state index contributed by atoms with van der Waals surface area (Å²) >= 11 is 2.13. The van der Waals surface area contributed by atoms with Gasteiger partial charge in [0.2, 0.25) is 0 Å². The third-order valence-electron chi connectivity index (χ3n) is 6.90. The van der Waals surface area contributed by atoms with Gasteiger partial charge in [0.25, 0.3) is 5.09 Å². The highest BCUT2D eigenvalue weighted by Crippen LogP contribution is 2.61. The Hall–Kier alpha value is -0.890. The number of nitrogens with zero attached hydrogens (tertiary/aromatic N) is 1. The van der Waals surface area contributed by atoms with Gasteiger partial charge in [-0.3, -0.25) is 4.84 Å². The topological polar surface area (TPSA) is 72.6 Å². The van der Waals surface area contributed by atoms with Crippen LogP contribution in [0.3, 0.4) is 0 Å². The first-order valence-electron chi connectivity index (χ1n) is 8.73. The molecule has 0 spiro atoms. The maximum atomic E-state index is 10.7. The van der Waals surface area contributed by atoms with Crippen LogP contribution in [0.15, 0.2) is 12.1 Å². The highest BCUT2D eigenvalue weighted by atomic mass is 127. The van der Waals surface area contributed by atoms with Crippen LogP contribution < -0.4 is 4.84 Å². The van der Waals surface area contributed by atoms with Crippen molar-refractivity contribution in [2.24, 2.45) is 17.3 Å². The highest BCUT2D eigenvalue weighted by Gasteiger charge is 2.54. The number of hydrogen-bond donors (Lipinski definition) is 1. The Balaban J connectivity index is 1.68. The van der Waals surface area contributed by atoms with Crippen LogP contribution in [0, 0.1) is 30.9 Å². The summed E-state index contributed by atoms with van der Waals surface area (Å²) in [6, 6.07) is 3.97. The molecule has 4 rings (SSSR count). The Labute approximate surface area is 155 Å². The van der Waals surface area contributed by atoms with E-state index in [1.165, 1.54) is 11.1 Å². The summed E-state index contributed by atoms with van der Waals surface area (Å²) < 4.78 is 0.809. The molecule has 24 heavy (non-hydrogen) atoms. The molecule has 2 fully saturated rings. The van der Waals surface area contributed by atoms with E-state index < -0.39 is 5.09 Å². The smallest absolute Gasteiger partial charge is 0.299 e. The van der Waals surface area contributed by atoms with Crippen LogP contribution in [0.5, 0.6) is 5.75 Å². The number of hydrogen-bond acceptors (Lipinski definition) is 4. The molecule has 1 N–H and O–H groups in total. The first-order valence-corrected chi connectivity index (χ1v) is 9.81. The number of aliphatic hydroxyl groups is 1. The maximum Gasteiger partial charge on any atom is 0.299 e. The van der Waals surface area contributed by atoms with Gasteiger partial charge in [-0.1, -0.05) is 6.92 Å². The fraction of sp³-hybridized carbons (Fsp3) is 0.667. The van der Waals surface area contributed by atoms with E-state index in [9.17, 15) is 15.2 Å². The van der Waals surface area contributed by atoms with E-state index in [0.29, 0.717) is 23.5 Å². The maximum absolute atomic E-state index is 10.7. The van der Waals surface area contributed by atoms with E-state index in [4.69, 9.17) is 4.84 Å². The lowest BCUT2D eigenvalue weighted by molar-refractivity contribution is -0.711. The molecule has 5 nitrogen and oxygen atoms in total. The zero-order valence-electron chi connectivity index (χ0n) is 13.7. The SMILES string of the molecule is C[C@]12CC[C@@H]3c4cc(I)c(O[N+](=O)[O-])cc4CC[C@H]3[C@@H]1CC[C@@H]2O. The molecule has 0 aromatic heterocycles. The van der Waals surface area contributed by atoms with Gasteiger partial charge in [0.05, 0.1) is 6.10 Å². The molecule has 6 heteroatoms. The van der Waals surface area contributed by atoms with Crippen molar-refractivity contribution in [2.75, 3.05) is 0 Å². The molecule has 2 saturated carbocycles. The third kappa shape index (κ3) is 2.44. The van der Waals surface area contributed by atoms with E-state index in [2.05, 4.69) is 35.6 Å². The minimum absolute atomic E-state index is 0.0838. The van der Waals surface area contributed by atoms with E-state index in [1.54, 1.807) is 0 Å². The van der Waals surface area contributed by atoms with Crippen LogP contribution in [0.2, 0.25) is 0 Å². The summed E-state index contributed by atoms with van der Waals surface area (Å²) in [6.45, 7) is 2.28. The predicted octanol–water partition coefficient (Wildman–Crippen LogP) is 4.08. The number of benzene rings is 1. The van der Waals surface area contributed by atoms with Crippen molar-refractivity contribution in [1.82, 2.24) is 0 Å². The van der Waals surface area contributed by atoms with Crippen LogP contribution in [0.4, 0.5) is 0 Å². The average Bonchev–Trinajstić information content (AvgIpc) is 2.83. The normalized spacial score (nSPS) is 37.3. The summed E-state index contributed by atoms with van der Waals surface area (Å²) in [4.78, 5) is 15.4. The second-order valence-electron chi connectivity index (χ2n) is 7.85. The monoisotopic (exact) mass is 443 g/mol. The number of aryl methyl sites for hydroxylation is 1. The van der Waals surface area contributed by atoms with Gasteiger partial charge in [-0.25, -0.2) is 0 Å². The molecule has 3 aliphatic carbocycles. The molecule has 130 valence electrons. The lowest BCUT2D eigenvalue weighted by atomic mass is 9.55. The Morgan fingerprint density at radius 2 is 2.12 bits per heavy atom. The standard InChI is InChI=1S/C18H22INO4/c1-18-7-6-11-12(14(18)4-5-17(18)21)3-2-10-8-16(24-20(22)23)15(19)9-13(10)11/h8-9,11-12,14,17,21H,2-7H2,1H3/t11-,12+,14-,17-,18-/m0/s1. The van der Waals surface area contributed by atoms with Crippen molar-refractivity contribution in [3.63, 3.8) is 0 Å². The second kappa shape index (κ2) is 5.83. The van der Waals surface area contributed by atoms with Gasteiger partial charge in [-0.2, -0.15) is 0 Å². The minimum atomic E-state index is -0.735. The van der Waals surface area contributed by atoms with Crippen LogP contribution in [-0.4, -0.2) is 16.3 Å². The van der Waals surface area contributed by atoms with Crippen LogP contribution in [-0.2, 0) is 6.42 Å². The van der Waals surface area contributed by atoms with Gasteiger partial charge >= 0.3 is 0 Å². The van der Waals surface area contributed by atoms with Crippen molar-refractivity contribution >= 4 is 22.6 Å². The molecule has 5 atom stereocenters. The zero-order chi connectivity index (χ0) is 17.1. The quantitative estimate of drug-likeness (QED) is 0.425. The molecule has 3 aliphatic rings. The third-order valence-corrected chi connectivity index (χ3v) is 7.74. The van der Waals surface area contributed by atoms with Crippen molar-refractivity contribution in [3.8, 4) is 5.75 Å². The Morgan fingerprint density at radius 1 is 1.33 bits per heavy atom. The summed E-state index contributed by atoms with van der Waals surface area (Å²) in [7, 11) is 0. The number of rotatable bonds is 2. The lowest BCUT2D eigenvalue weighted by Gasteiger charge is -2.50. The first kappa shape index (κ1) is 16.6. The zero-order valence-corrected chi connectivity index (χ0v) is 15.9. The fourth-order valence-electron chi connectivity index (χ4n) is 5.69. The minimum Gasteiger partial charge on any atom is -0.393 e. The van der Waals surface area contributed by atoms with Crippen molar-refractivity contribution in [1.29, 1.82) is 0 Å². The Bertz CT molecular complexity index is 694. The van der Waals surface area contributed by atoms with Crippen molar-refractivity contribution < 1.29 is 15.0 Å². The Morgan fingerprint density at radius 3 is 2.88 bits per heavy atom. The molecular formula is C18H22INO4. The first-order chi connectivity index (χ1) is 11.4. The molecule has 1 aromatic rings. The second-order valence-corrected chi connectivity index (χ2v) is 9.01. The van der Waals surface area contributed by atoms with E-state index in [-0.39, 0.29) is 11.5 Å². The largest absolute Gasteiger partial charge is 0.393 e. The molecule has 0 unspecified atom stereocenters. The van der Waals surface area contributed by atoms with Gasteiger partial charge in [-0.05, 0) is 108 Å². The lowest BCUT2D eigenvalue weighted by Crippen LogP contribution is -2.43. The molecule has 0 bridgehead atoms. The molecule has 1 aromatic carbocycles. The van der Waals surface area contributed by atoms with E-state index >= 15 is 0 Å². The van der Waals surface area contributed by atoms with Crippen molar-refractivity contribution in [2.45, 2.75) is 57.5 Å². The van der Waals surface area contributed by atoms with Gasteiger partial charge in [0.15, 0.2) is 0 Å². The highest BCUT2D eigenvalue weighted by molar-refractivity contribution is 14.1. The van der Waals surface area contributed by atoms with E-state index in [1.807, 2.05) is 6.07 Å². The van der Waals surface area contributed by atoms with Crippen LogP contribution in [0.25, 0.3) is 0 Å². The van der Waals surface area contributed by atoms with Gasteiger partial charge in [0.1, 0.15) is 5.75 Å². The van der Waals surface area contributed by atoms with Crippen LogP contribution >= 0.6 is 22.6 Å². The molecule has 0 radical (unpaired) electrons. The fourth-order valence-corrected chi connectivity index (χ4v) is 6.28. The van der Waals surface area contributed by atoms with Crippen molar-refractivity contribution in [3.05, 3.63) is 36.9 Å². The molecule has 0 heterocycles. The van der Waals surface area contributed by atoms with Gasteiger partial charge in [-0.15, -0.1) is 10.1 Å². The number of halogens is 1. The molecular weight excluding hydrogens is 421 g/mol. The summed E-state index contributed by atoms with van der Waals surface area (Å²) in [6.07, 6.45) is 6.16. The summed E-state index contributed by atoms with van der Waals surface area (Å²) in [5, 5.41) is 20.4. The molecule has 0 saturated heterocycles. The summed E-state index contributed by atoms with van der Waals surface area (Å²) in [5.41, 5.74) is 2.64. The number of fused-ring (bicyclic) bond motifs is 5. The predicted molar refractivity (Wildman–Crippen MR) is 97.4 cm³/mol.